The Morgan fingerprint density at radius 3 is 2.19 bits per heavy atom. The second kappa shape index (κ2) is 6.35. The Kier molecular flexibility index (Phi) is 5.85. The Hall–Kier alpha value is -1.26. The van der Waals surface area contributed by atoms with E-state index < -0.39 is 17.9 Å². The topological polar surface area (TPSA) is 64.6 Å². The molecule has 0 aromatic rings. The van der Waals surface area contributed by atoms with E-state index in [1.54, 1.807) is 27.7 Å². The van der Waals surface area contributed by atoms with Crippen LogP contribution in [0.4, 0.5) is 4.79 Å². The van der Waals surface area contributed by atoms with E-state index in [4.69, 9.17) is 9.47 Å². The first kappa shape index (κ1) is 14.7. The summed E-state index contributed by atoms with van der Waals surface area (Å²) in [6.45, 7) is 8.82. The van der Waals surface area contributed by atoms with Crippen LogP contribution in [-0.4, -0.2) is 23.9 Å². The summed E-state index contributed by atoms with van der Waals surface area (Å²) >= 11 is 0. The summed E-state index contributed by atoms with van der Waals surface area (Å²) in [5.41, 5.74) is -0.558. The molecule has 1 atom stereocenters. The Balaban J connectivity index is 4.12. The van der Waals surface area contributed by atoms with Gasteiger partial charge in [-0.05, 0) is 20.8 Å². The van der Waals surface area contributed by atoms with E-state index in [2.05, 4.69) is 5.32 Å². The van der Waals surface area contributed by atoms with Gasteiger partial charge in [0, 0.05) is 12.8 Å². The lowest BCUT2D eigenvalue weighted by Crippen LogP contribution is -2.41. The Morgan fingerprint density at radius 1 is 1.25 bits per heavy atom. The van der Waals surface area contributed by atoms with Gasteiger partial charge in [-0.3, -0.25) is 10.1 Å². The fourth-order valence-electron chi connectivity index (χ4n) is 0.896. The van der Waals surface area contributed by atoms with Gasteiger partial charge in [0.2, 0.25) is 0 Å². The second-order valence-corrected chi connectivity index (χ2v) is 4.39. The van der Waals surface area contributed by atoms with Crippen molar-refractivity contribution in [1.29, 1.82) is 0 Å². The average Bonchev–Trinajstić information content (AvgIpc) is 2.13. The van der Waals surface area contributed by atoms with Crippen LogP contribution in [0.5, 0.6) is 0 Å². The highest BCUT2D eigenvalue weighted by atomic mass is 16.6. The van der Waals surface area contributed by atoms with Crippen molar-refractivity contribution in [3.8, 4) is 0 Å². The molecular weight excluding hydrogens is 210 g/mol. The van der Waals surface area contributed by atoms with E-state index in [0.717, 1.165) is 0 Å². The molecule has 0 aliphatic rings. The number of carbonyl (C=O) groups excluding carboxylic acids is 2. The first-order valence-electron chi connectivity index (χ1n) is 5.47. The molecule has 0 saturated heterocycles. The molecule has 5 nitrogen and oxygen atoms in total. The number of ether oxygens (including phenoxy) is 2. The molecule has 94 valence electrons. The lowest BCUT2D eigenvalue weighted by molar-refractivity contribution is -0.150. The monoisotopic (exact) mass is 231 g/mol. The van der Waals surface area contributed by atoms with E-state index in [1.807, 2.05) is 6.92 Å². The molecular formula is C11H21NO4. The van der Waals surface area contributed by atoms with Crippen molar-refractivity contribution in [3.05, 3.63) is 0 Å². The molecule has 0 spiro atoms. The second-order valence-electron chi connectivity index (χ2n) is 4.39. The number of amides is 1. The largest absolute Gasteiger partial charge is 0.444 e. The van der Waals surface area contributed by atoms with Crippen molar-refractivity contribution in [2.24, 2.45) is 0 Å². The van der Waals surface area contributed by atoms with Crippen LogP contribution in [-0.2, 0) is 14.3 Å². The SMILES string of the molecule is CCC(=O)O[C@H](CC)NC(=O)OC(C)(C)C. The summed E-state index contributed by atoms with van der Waals surface area (Å²) in [6, 6.07) is 0. The van der Waals surface area contributed by atoms with Crippen LogP contribution in [0.15, 0.2) is 0 Å². The highest BCUT2D eigenvalue weighted by Gasteiger charge is 2.20. The summed E-state index contributed by atoms with van der Waals surface area (Å²) in [5, 5.41) is 2.48. The van der Waals surface area contributed by atoms with Crippen LogP contribution in [0.25, 0.3) is 0 Å². The summed E-state index contributed by atoms with van der Waals surface area (Å²) in [4.78, 5) is 22.4. The number of carbonyl (C=O) groups is 2. The third kappa shape index (κ3) is 7.09. The van der Waals surface area contributed by atoms with Crippen molar-refractivity contribution in [3.63, 3.8) is 0 Å². The standard InChI is InChI=1S/C11H21NO4/c1-6-8(15-9(13)7-2)12-10(14)16-11(3,4)5/h8H,6-7H2,1-5H3,(H,12,14)/t8-/m1/s1. The van der Waals surface area contributed by atoms with Gasteiger partial charge in [0.15, 0.2) is 6.23 Å². The van der Waals surface area contributed by atoms with Crippen LogP contribution in [0.2, 0.25) is 0 Å². The molecule has 0 heterocycles. The minimum Gasteiger partial charge on any atom is -0.444 e. The summed E-state index contributed by atoms with van der Waals surface area (Å²) in [7, 11) is 0. The molecule has 0 radical (unpaired) electrons. The Labute approximate surface area is 96.5 Å². The molecule has 0 aromatic heterocycles. The van der Waals surface area contributed by atoms with Gasteiger partial charge in [0.05, 0.1) is 0 Å². The number of rotatable bonds is 4. The molecule has 0 aliphatic carbocycles. The predicted molar refractivity (Wildman–Crippen MR) is 59.8 cm³/mol. The van der Waals surface area contributed by atoms with Gasteiger partial charge in [-0.25, -0.2) is 4.79 Å². The number of nitrogens with one attached hydrogen (secondary N) is 1. The van der Waals surface area contributed by atoms with Gasteiger partial charge >= 0.3 is 12.1 Å². The fourth-order valence-corrected chi connectivity index (χ4v) is 0.896. The molecule has 1 amide bonds. The smallest absolute Gasteiger partial charge is 0.410 e. The van der Waals surface area contributed by atoms with Gasteiger partial charge in [0.25, 0.3) is 0 Å². The van der Waals surface area contributed by atoms with Crippen molar-refractivity contribution in [2.75, 3.05) is 0 Å². The maximum Gasteiger partial charge on any atom is 0.410 e. The Bertz CT molecular complexity index is 245. The molecule has 0 aromatic carbocycles. The minimum absolute atomic E-state index is 0.284. The third-order valence-electron chi connectivity index (χ3n) is 1.61. The van der Waals surface area contributed by atoms with Crippen molar-refractivity contribution in [2.45, 2.75) is 59.3 Å². The van der Waals surface area contributed by atoms with Gasteiger partial charge in [0.1, 0.15) is 5.60 Å². The molecule has 5 heteroatoms. The number of hydrogen-bond donors (Lipinski definition) is 1. The average molecular weight is 231 g/mol. The van der Waals surface area contributed by atoms with E-state index in [1.165, 1.54) is 0 Å². The minimum atomic E-state index is -0.623. The summed E-state index contributed by atoms with van der Waals surface area (Å²) in [5.74, 6) is -0.345. The first-order valence-corrected chi connectivity index (χ1v) is 5.47. The van der Waals surface area contributed by atoms with Crippen LogP contribution in [0.3, 0.4) is 0 Å². The zero-order chi connectivity index (χ0) is 12.8. The zero-order valence-electron chi connectivity index (χ0n) is 10.6. The van der Waals surface area contributed by atoms with Crippen LogP contribution >= 0.6 is 0 Å². The fraction of sp³-hybridized carbons (Fsp3) is 0.818. The molecule has 0 aliphatic heterocycles. The maximum absolute atomic E-state index is 11.4. The number of alkyl carbamates (subject to hydrolysis) is 1. The predicted octanol–water partition coefficient (Wildman–Crippen LogP) is 2.20. The number of esters is 1. The number of hydrogen-bond acceptors (Lipinski definition) is 4. The normalized spacial score (nSPS) is 12.8. The summed E-state index contributed by atoms with van der Waals surface area (Å²) < 4.78 is 10.0. The van der Waals surface area contributed by atoms with Gasteiger partial charge in [-0.15, -0.1) is 0 Å². The maximum atomic E-state index is 11.4. The molecule has 1 N–H and O–H groups in total. The molecule has 0 bridgehead atoms. The highest BCUT2D eigenvalue weighted by molar-refractivity contribution is 5.71. The quantitative estimate of drug-likeness (QED) is 0.595. The molecule has 0 saturated carbocycles. The third-order valence-corrected chi connectivity index (χ3v) is 1.61. The first-order chi connectivity index (χ1) is 7.28. The van der Waals surface area contributed by atoms with Crippen molar-refractivity contribution >= 4 is 12.1 Å². The van der Waals surface area contributed by atoms with Crippen molar-refractivity contribution < 1.29 is 19.1 Å². The van der Waals surface area contributed by atoms with Crippen molar-refractivity contribution in [1.82, 2.24) is 5.32 Å². The lowest BCUT2D eigenvalue weighted by atomic mass is 10.2. The highest BCUT2D eigenvalue weighted by Crippen LogP contribution is 2.07. The lowest BCUT2D eigenvalue weighted by Gasteiger charge is -2.22. The molecule has 16 heavy (non-hydrogen) atoms. The van der Waals surface area contributed by atoms with E-state index >= 15 is 0 Å². The van der Waals surface area contributed by atoms with Crippen LogP contribution in [0, 0.1) is 0 Å². The zero-order valence-corrected chi connectivity index (χ0v) is 10.6. The Morgan fingerprint density at radius 2 is 1.81 bits per heavy atom. The summed E-state index contributed by atoms with van der Waals surface area (Å²) in [6.07, 6.45) is -0.414. The van der Waals surface area contributed by atoms with E-state index in [9.17, 15) is 9.59 Å². The van der Waals surface area contributed by atoms with Gasteiger partial charge in [-0.2, -0.15) is 0 Å². The van der Waals surface area contributed by atoms with Crippen LogP contribution < -0.4 is 5.32 Å². The van der Waals surface area contributed by atoms with E-state index in [0.29, 0.717) is 6.42 Å². The van der Waals surface area contributed by atoms with Gasteiger partial charge < -0.3 is 9.47 Å². The van der Waals surface area contributed by atoms with E-state index in [-0.39, 0.29) is 12.4 Å². The van der Waals surface area contributed by atoms with Gasteiger partial charge in [-0.1, -0.05) is 13.8 Å². The molecule has 0 fully saturated rings. The molecule has 0 unspecified atom stereocenters. The van der Waals surface area contributed by atoms with Crippen LogP contribution in [0.1, 0.15) is 47.5 Å². The molecule has 0 rings (SSSR count).